The third-order valence-electron chi connectivity index (χ3n) is 5.66. The van der Waals surface area contributed by atoms with Crippen molar-refractivity contribution in [2.45, 2.75) is 70.3 Å². The third-order valence-corrected chi connectivity index (χ3v) is 5.66. The first-order valence-corrected chi connectivity index (χ1v) is 9.79. The zero-order chi connectivity index (χ0) is 18.3. The van der Waals surface area contributed by atoms with Crippen LogP contribution >= 0.6 is 0 Å². The Balaban J connectivity index is 1.81. The molecule has 1 fully saturated rings. The molecule has 2 atom stereocenters. The minimum atomic E-state index is -1.59. The third kappa shape index (κ3) is 5.29. The number of carboxylic acids is 1. The molecule has 0 bridgehead atoms. The highest BCUT2D eigenvalue weighted by Crippen LogP contribution is 2.33. The van der Waals surface area contributed by atoms with Crippen molar-refractivity contribution in [2.75, 3.05) is 20.1 Å². The molecule has 0 aromatic heterocycles. The molecule has 1 aliphatic rings. The Morgan fingerprint density at radius 3 is 2.24 bits per heavy atom. The first kappa shape index (κ1) is 19.9. The number of carboxylic acid groups (broad SMARTS) is 1. The van der Waals surface area contributed by atoms with E-state index in [1.54, 1.807) is 0 Å². The van der Waals surface area contributed by atoms with Crippen LogP contribution in [0.25, 0.3) is 0 Å². The molecule has 2 N–H and O–H groups in total. The Hall–Kier alpha value is -1.39. The number of likely N-dealkylation sites (tertiary alicyclic amines) is 1. The molecule has 0 saturated carbocycles. The summed E-state index contributed by atoms with van der Waals surface area (Å²) in [4.78, 5) is 11.3. The SMILES string of the molecule is CCCCCCCCCc1ccc([N+]2(C)CCC(O)(C(=O)O)C2)cc1. The monoisotopic (exact) mass is 348 g/mol. The van der Waals surface area contributed by atoms with E-state index < -0.39 is 11.6 Å². The van der Waals surface area contributed by atoms with Crippen LogP contribution in [0.2, 0.25) is 0 Å². The van der Waals surface area contributed by atoms with Gasteiger partial charge in [-0.3, -0.25) is 4.48 Å². The number of benzene rings is 1. The van der Waals surface area contributed by atoms with Gasteiger partial charge in [0.25, 0.3) is 0 Å². The second kappa shape index (κ2) is 8.81. The van der Waals surface area contributed by atoms with Gasteiger partial charge in [0.15, 0.2) is 0 Å². The summed E-state index contributed by atoms with van der Waals surface area (Å²) in [6.45, 7) is 3.13. The summed E-state index contributed by atoms with van der Waals surface area (Å²) >= 11 is 0. The van der Waals surface area contributed by atoms with Crippen LogP contribution in [-0.4, -0.2) is 41.9 Å². The van der Waals surface area contributed by atoms with Gasteiger partial charge >= 0.3 is 5.97 Å². The van der Waals surface area contributed by atoms with Crippen molar-refractivity contribution < 1.29 is 15.0 Å². The number of rotatable bonds is 10. The van der Waals surface area contributed by atoms with Crippen molar-refractivity contribution in [3.05, 3.63) is 29.8 Å². The number of likely N-dealkylation sites (N-methyl/N-ethyl adjacent to an activating group) is 1. The van der Waals surface area contributed by atoms with Gasteiger partial charge in [-0.25, -0.2) is 4.79 Å². The van der Waals surface area contributed by atoms with E-state index in [0.717, 1.165) is 12.1 Å². The van der Waals surface area contributed by atoms with E-state index in [1.165, 1.54) is 50.5 Å². The predicted octanol–water partition coefficient (Wildman–Crippen LogP) is 4.14. The smallest absolute Gasteiger partial charge is 0.341 e. The number of carbonyl (C=O) groups is 1. The van der Waals surface area contributed by atoms with Gasteiger partial charge in [-0.15, -0.1) is 0 Å². The highest BCUT2D eigenvalue weighted by atomic mass is 16.4. The number of quaternary nitrogens is 1. The van der Waals surface area contributed by atoms with Crippen LogP contribution in [0.15, 0.2) is 24.3 Å². The molecule has 2 unspecified atom stereocenters. The zero-order valence-corrected chi connectivity index (χ0v) is 15.8. The van der Waals surface area contributed by atoms with Crippen molar-refractivity contribution >= 4 is 11.7 Å². The second-order valence-corrected chi connectivity index (χ2v) is 7.90. The number of aliphatic carboxylic acids is 1. The number of aryl methyl sites for hydroxylation is 1. The molecular formula is C21H34NO3+. The van der Waals surface area contributed by atoms with Crippen LogP contribution in [0.3, 0.4) is 0 Å². The lowest BCUT2D eigenvalue weighted by molar-refractivity contribution is -0.156. The Morgan fingerprint density at radius 2 is 1.68 bits per heavy atom. The van der Waals surface area contributed by atoms with E-state index in [1.807, 2.05) is 7.05 Å². The molecule has 140 valence electrons. The number of nitrogens with zero attached hydrogens (tertiary/aromatic N) is 1. The van der Waals surface area contributed by atoms with Crippen LogP contribution in [0.4, 0.5) is 5.69 Å². The van der Waals surface area contributed by atoms with Crippen molar-refractivity contribution in [1.82, 2.24) is 4.48 Å². The molecule has 2 rings (SSSR count). The highest BCUT2D eigenvalue weighted by molar-refractivity contribution is 5.78. The summed E-state index contributed by atoms with van der Waals surface area (Å²) in [6.07, 6.45) is 10.7. The molecule has 4 heteroatoms. The zero-order valence-electron chi connectivity index (χ0n) is 15.8. The average Bonchev–Trinajstić information content (AvgIpc) is 2.92. The lowest BCUT2D eigenvalue weighted by atomic mass is 10.0. The number of aliphatic hydroxyl groups is 1. The summed E-state index contributed by atoms with van der Waals surface area (Å²) in [5.41, 5.74) is 0.836. The van der Waals surface area contributed by atoms with E-state index in [2.05, 4.69) is 31.2 Å². The fraction of sp³-hybridized carbons (Fsp3) is 0.667. The minimum Gasteiger partial charge on any atom is -0.479 e. The summed E-state index contributed by atoms with van der Waals surface area (Å²) in [5, 5.41) is 19.4. The van der Waals surface area contributed by atoms with Gasteiger partial charge in [0.05, 0.1) is 13.6 Å². The maximum atomic E-state index is 11.3. The van der Waals surface area contributed by atoms with Gasteiger partial charge in [-0.1, -0.05) is 57.6 Å². The number of hydrogen-bond acceptors (Lipinski definition) is 2. The largest absolute Gasteiger partial charge is 0.479 e. The Labute approximate surface area is 152 Å². The quantitative estimate of drug-likeness (QED) is 0.493. The predicted molar refractivity (Wildman–Crippen MR) is 103 cm³/mol. The van der Waals surface area contributed by atoms with Crippen molar-refractivity contribution in [3.8, 4) is 0 Å². The highest BCUT2D eigenvalue weighted by Gasteiger charge is 2.51. The van der Waals surface area contributed by atoms with Gasteiger partial charge in [0.2, 0.25) is 5.60 Å². The van der Waals surface area contributed by atoms with Crippen molar-refractivity contribution in [1.29, 1.82) is 0 Å². The molecule has 1 aliphatic heterocycles. The lowest BCUT2D eigenvalue weighted by Gasteiger charge is -2.30. The van der Waals surface area contributed by atoms with E-state index >= 15 is 0 Å². The summed E-state index contributed by atoms with van der Waals surface area (Å²) in [6, 6.07) is 8.52. The van der Waals surface area contributed by atoms with Crippen LogP contribution in [0.5, 0.6) is 0 Å². The fourth-order valence-corrected chi connectivity index (χ4v) is 3.87. The van der Waals surface area contributed by atoms with Gasteiger partial charge in [-0.05, 0) is 30.5 Å². The van der Waals surface area contributed by atoms with Crippen LogP contribution in [0.1, 0.15) is 63.9 Å². The van der Waals surface area contributed by atoms with Gasteiger partial charge in [-0.2, -0.15) is 0 Å². The summed E-state index contributed by atoms with van der Waals surface area (Å²) < 4.78 is 0.487. The molecule has 0 spiro atoms. The lowest BCUT2D eigenvalue weighted by Crippen LogP contribution is -2.49. The van der Waals surface area contributed by atoms with Gasteiger partial charge in [0, 0.05) is 6.42 Å². The van der Waals surface area contributed by atoms with Gasteiger partial charge < -0.3 is 10.2 Å². The maximum Gasteiger partial charge on any atom is 0.341 e. The normalized spacial score (nSPS) is 26.0. The Morgan fingerprint density at radius 1 is 1.08 bits per heavy atom. The molecule has 1 aromatic carbocycles. The van der Waals surface area contributed by atoms with E-state index in [4.69, 9.17) is 0 Å². The first-order valence-electron chi connectivity index (χ1n) is 9.79. The van der Waals surface area contributed by atoms with Gasteiger partial charge in [0.1, 0.15) is 12.2 Å². The molecule has 4 nitrogen and oxygen atoms in total. The molecule has 0 aliphatic carbocycles. The van der Waals surface area contributed by atoms with E-state index in [-0.39, 0.29) is 6.54 Å². The van der Waals surface area contributed by atoms with E-state index in [9.17, 15) is 15.0 Å². The van der Waals surface area contributed by atoms with E-state index in [0.29, 0.717) is 17.4 Å². The topological polar surface area (TPSA) is 57.5 Å². The van der Waals surface area contributed by atoms with Crippen LogP contribution < -0.4 is 4.48 Å². The van der Waals surface area contributed by atoms with Crippen molar-refractivity contribution in [2.24, 2.45) is 0 Å². The molecule has 0 radical (unpaired) electrons. The molecule has 1 heterocycles. The second-order valence-electron chi connectivity index (χ2n) is 7.90. The standard InChI is InChI=1S/C21H33NO3/c1-3-4-5-6-7-8-9-10-18-11-13-19(14-12-18)22(2)16-15-21(25,17-22)20(23)24/h11-14,25H,3-10,15-17H2,1-2H3/p+1. The molecule has 1 saturated heterocycles. The molecule has 0 amide bonds. The molecular weight excluding hydrogens is 314 g/mol. The fourth-order valence-electron chi connectivity index (χ4n) is 3.87. The molecule has 1 aromatic rings. The average molecular weight is 349 g/mol. The number of unbranched alkanes of at least 4 members (excludes halogenated alkanes) is 6. The van der Waals surface area contributed by atoms with Crippen molar-refractivity contribution in [3.63, 3.8) is 0 Å². The summed E-state index contributed by atoms with van der Waals surface area (Å²) in [7, 11) is 2.01. The van der Waals surface area contributed by atoms with Crippen LogP contribution in [0, 0.1) is 0 Å². The number of hydrogen-bond donors (Lipinski definition) is 2. The Bertz CT molecular complexity index is 557. The summed E-state index contributed by atoms with van der Waals surface area (Å²) in [5.74, 6) is -1.11. The maximum absolute atomic E-state index is 11.3. The Kier molecular flexibility index (Phi) is 7.03. The first-order chi connectivity index (χ1) is 11.9. The molecule has 25 heavy (non-hydrogen) atoms. The van der Waals surface area contributed by atoms with Crippen LogP contribution in [-0.2, 0) is 11.2 Å². The minimum absolute atomic E-state index is 0.236.